The van der Waals surface area contributed by atoms with E-state index in [1.807, 2.05) is 0 Å². The van der Waals surface area contributed by atoms with Crippen molar-refractivity contribution in [3.8, 4) is 0 Å². The van der Waals surface area contributed by atoms with Crippen molar-refractivity contribution in [2.45, 2.75) is 44.8 Å². The number of hydrogen-bond acceptors (Lipinski definition) is 5. The minimum atomic E-state index is -1.18. The summed E-state index contributed by atoms with van der Waals surface area (Å²) in [7, 11) is 0. The molecule has 1 rings (SSSR count). The third-order valence-electron chi connectivity index (χ3n) is 2.52. The molecule has 0 aliphatic carbocycles. The molecule has 0 aromatic carbocycles. The minimum absolute atomic E-state index is 0.125. The van der Waals surface area contributed by atoms with E-state index in [-0.39, 0.29) is 24.8 Å². The van der Waals surface area contributed by atoms with Crippen molar-refractivity contribution < 1.29 is 24.5 Å². The summed E-state index contributed by atoms with van der Waals surface area (Å²) in [4.78, 5) is 21.6. The van der Waals surface area contributed by atoms with Crippen LogP contribution in [-0.4, -0.2) is 53.1 Å². The Kier molecular flexibility index (Phi) is 4.86. The third-order valence-corrected chi connectivity index (χ3v) is 2.52. The van der Waals surface area contributed by atoms with Crippen molar-refractivity contribution in [1.29, 1.82) is 0 Å². The van der Waals surface area contributed by atoms with Gasteiger partial charge < -0.3 is 25.6 Å². The number of carbonyl (C=O) groups excluding carboxylic acids is 2. The highest BCUT2D eigenvalue weighted by molar-refractivity contribution is 5.73. The lowest BCUT2D eigenvalue weighted by Gasteiger charge is -2.37. The molecule has 1 fully saturated rings. The highest BCUT2D eigenvalue weighted by Gasteiger charge is 2.36. The summed E-state index contributed by atoms with van der Waals surface area (Å²) in [5.41, 5.74) is 0. The maximum atomic E-state index is 10.8. The smallest absolute Gasteiger partial charge is 0.217 e. The molecule has 1 heterocycles. The molecule has 0 spiro atoms. The lowest BCUT2D eigenvalue weighted by molar-refractivity contribution is -0.211. The quantitative estimate of drug-likeness (QED) is 0.465. The molecular weight excluding hydrogens is 228 g/mol. The second-order valence-corrected chi connectivity index (χ2v) is 4.11. The van der Waals surface area contributed by atoms with Crippen LogP contribution in [0.4, 0.5) is 0 Å². The maximum Gasteiger partial charge on any atom is 0.217 e. The van der Waals surface area contributed by atoms with Gasteiger partial charge in [-0.05, 0) is 0 Å². The molecule has 17 heavy (non-hydrogen) atoms. The van der Waals surface area contributed by atoms with Crippen molar-refractivity contribution >= 4 is 11.8 Å². The average molecular weight is 246 g/mol. The first-order chi connectivity index (χ1) is 7.90. The topological polar surface area (TPSA) is 108 Å². The van der Waals surface area contributed by atoms with Crippen LogP contribution in [-0.2, 0) is 14.3 Å². The van der Waals surface area contributed by atoms with Crippen LogP contribution in [0.5, 0.6) is 0 Å². The van der Waals surface area contributed by atoms with Crippen LogP contribution in [0.3, 0.4) is 0 Å². The van der Waals surface area contributed by atoms with Crippen LogP contribution in [0.15, 0.2) is 0 Å². The highest BCUT2D eigenvalue weighted by atomic mass is 16.6. The van der Waals surface area contributed by atoms with E-state index in [1.54, 1.807) is 0 Å². The molecule has 0 saturated carbocycles. The molecule has 1 saturated heterocycles. The third kappa shape index (κ3) is 4.29. The fourth-order valence-corrected chi connectivity index (χ4v) is 1.71. The van der Waals surface area contributed by atoms with E-state index in [1.165, 1.54) is 13.8 Å². The lowest BCUT2D eigenvalue weighted by atomic mass is 10.00. The molecule has 0 bridgehead atoms. The van der Waals surface area contributed by atoms with Crippen LogP contribution >= 0.6 is 0 Å². The van der Waals surface area contributed by atoms with Crippen LogP contribution in [0.2, 0.25) is 0 Å². The van der Waals surface area contributed by atoms with Gasteiger partial charge in [0.1, 0.15) is 6.10 Å². The maximum absolute atomic E-state index is 10.8. The second-order valence-electron chi connectivity index (χ2n) is 4.11. The number of aliphatic hydroxyl groups is 2. The summed E-state index contributed by atoms with van der Waals surface area (Å²) in [6, 6.07) is -0.629. The number of ether oxygens (including phenoxy) is 1. The number of amides is 2. The first-order valence-corrected chi connectivity index (χ1v) is 5.43. The van der Waals surface area contributed by atoms with Gasteiger partial charge in [-0.3, -0.25) is 9.59 Å². The van der Waals surface area contributed by atoms with Gasteiger partial charge in [-0.2, -0.15) is 0 Å². The molecule has 7 nitrogen and oxygen atoms in total. The zero-order chi connectivity index (χ0) is 13.0. The number of nitrogens with one attached hydrogen (secondary N) is 2. The zero-order valence-electron chi connectivity index (χ0n) is 9.84. The largest absolute Gasteiger partial charge is 0.390 e. The molecule has 0 radical (unpaired) electrons. The molecule has 98 valence electrons. The van der Waals surface area contributed by atoms with E-state index in [0.717, 1.165) is 0 Å². The number of carbonyl (C=O) groups is 2. The Balaban J connectivity index is 2.48. The predicted molar refractivity (Wildman–Crippen MR) is 57.8 cm³/mol. The summed E-state index contributed by atoms with van der Waals surface area (Å²) >= 11 is 0. The normalized spacial score (nSPS) is 32.9. The first-order valence-electron chi connectivity index (χ1n) is 5.43. The Hall–Kier alpha value is -1.18. The van der Waals surface area contributed by atoms with Crippen LogP contribution in [0, 0.1) is 0 Å². The molecular formula is C10H18N2O5. The molecule has 1 aliphatic rings. The summed E-state index contributed by atoms with van der Waals surface area (Å²) < 4.78 is 5.14. The van der Waals surface area contributed by atoms with Gasteiger partial charge in [-0.1, -0.05) is 0 Å². The van der Waals surface area contributed by atoms with Crippen LogP contribution in [0.1, 0.15) is 20.3 Å². The molecule has 7 heteroatoms. The van der Waals surface area contributed by atoms with Gasteiger partial charge in [0.2, 0.25) is 11.8 Å². The monoisotopic (exact) mass is 246 g/mol. The second kappa shape index (κ2) is 5.95. The average Bonchev–Trinajstić information content (AvgIpc) is 2.20. The van der Waals surface area contributed by atoms with Crippen LogP contribution in [0.25, 0.3) is 0 Å². The molecule has 0 unspecified atom stereocenters. The summed E-state index contributed by atoms with van der Waals surface area (Å²) in [6.45, 7) is 2.80. The van der Waals surface area contributed by atoms with Crippen LogP contribution < -0.4 is 10.6 Å². The Bertz CT molecular complexity index is 296. The van der Waals surface area contributed by atoms with Gasteiger partial charge in [0, 0.05) is 26.8 Å². The summed E-state index contributed by atoms with van der Waals surface area (Å²) in [5.74, 6) is -0.538. The zero-order valence-corrected chi connectivity index (χ0v) is 9.84. The van der Waals surface area contributed by atoms with Gasteiger partial charge in [-0.25, -0.2) is 0 Å². The Morgan fingerprint density at radius 3 is 2.47 bits per heavy atom. The Morgan fingerprint density at radius 2 is 1.94 bits per heavy atom. The molecule has 4 N–H and O–H groups in total. The van der Waals surface area contributed by atoms with E-state index in [2.05, 4.69) is 10.6 Å². The van der Waals surface area contributed by atoms with Crippen molar-refractivity contribution in [3.05, 3.63) is 0 Å². The standard InChI is InChI=1S/C10H18N2O5/c1-5(13)11-4-9-8(15)3-7(10(16)17-9)12-6(2)14/h7-10,15-16H,3-4H2,1-2H3,(H,11,13)(H,12,14)/t7-,8+,9-,10+/m1/s1. The predicted octanol–water partition coefficient (Wildman–Crippen LogP) is -1.90. The number of hydrogen-bond donors (Lipinski definition) is 4. The minimum Gasteiger partial charge on any atom is -0.390 e. The van der Waals surface area contributed by atoms with E-state index in [9.17, 15) is 19.8 Å². The van der Waals surface area contributed by atoms with Gasteiger partial charge in [0.25, 0.3) is 0 Å². The Morgan fingerprint density at radius 1 is 1.29 bits per heavy atom. The molecule has 4 atom stereocenters. The summed E-state index contributed by atoms with van der Waals surface area (Å²) in [6.07, 6.45) is -2.51. The number of rotatable bonds is 3. The van der Waals surface area contributed by atoms with Crippen molar-refractivity contribution in [2.24, 2.45) is 0 Å². The van der Waals surface area contributed by atoms with Crippen molar-refractivity contribution in [2.75, 3.05) is 6.54 Å². The fourth-order valence-electron chi connectivity index (χ4n) is 1.71. The molecule has 0 aromatic rings. The van der Waals surface area contributed by atoms with Gasteiger partial charge in [-0.15, -0.1) is 0 Å². The molecule has 2 amide bonds. The lowest BCUT2D eigenvalue weighted by Crippen LogP contribution is -2.56. The SMILES string of the molecule is CC(=O)NC[C@H]1O[C@H](O)[C@H](NC(C)=O)C[C@@H]1O. The summed E-state index contributed by atoms with van der Waals surface area (Å²) in [5, 5.41) is 24.3. The Labute approximate surface area is 99.1 Å². The fraction of sp³-hybridized carbons (Fsp3) is 0.800. The van der Waals surface area contributed by atoms with E-state index >= 15 is 0 Å². The molecule has 0 aromatic heterocycles. The van der Waals surface area contributed by atoms with Crippen molar-refractivity contribution in [1.82, 2.24) is 10.6 Å². The highest BCUT2D eigenvalue weighted by Crippen LogP contribution is 2.18. The van der Waals surface area contributed by atoms with E-state index in [0.29, 0.717) is 0 Å². The van der Waals surface area contributed by atoms with Crippen molar-refractivity contribution in [3.63, 3.8) is 0 Å². The van der Waals surface area contributed by atoms with Gasteiger partial charge in [0.05, 0.1) is 12.1 Å². The van der Waals surface area contributed by atoms with E-state index < -0.39 is 24.5 Å². The van der Waals surface area contributed by atoms with Gasteiger partial charge in [0.15, 0.2) is 6.29 Å². The first kappa shape index (κ1) is 13.9. The van der Waals surface area contributed by atoms with E-state index in [4.69, 9.17) is 4.74 Å². The number of aliphatic hydroxyl groups excluding tert-OH is 2. The molecule has 1 aliphatic heterocycles. The van der Waals surface area contributed by atoms with Gasteiger partial charge >= 0.3 is 0 Å².